The SMILES string of the molecule is COc1cc(Br)c2c3c1O[C@H]1C[C@H](O)C=C[C@@]31CCN(C)C2=O. The predicted molar refractivity (Wildman–Crippen MR) is 88.1 cm³/mol. The third-order valence-electron chi connectivity index (χ3n) is 5.21. The monoisotopic (exact) mass is 379 g/mol. The van der Waals surface area contributed by atoms with Crippen molar-refractivity contribution in [1.29, 1.82) is 0 Å². The van der Waals surface area contributed by atoms with Gasteiger partial charge in [0.05, 0.1) is 24.2 Å². The van der Waals surface area contributed by atoms with Crippen LogP contribution in [-0.2, 0) is 5.41 Å². The van der Waals surface area contributed by atoms with Crippen molar-refractivity contribution >= 4 is 21.8 Å². The fourth-order valence-corrected chi connectivity index (χ4v) is 4.56. The molecule has 3 atom stereocenters. The molecule has 0 fully saturated rings. The van der Waals surface area contributed by atoms with Crippen LogP contribution < -0.4 is 9.47 Å². The highest BCUT2D eigenvalue weighted by atomic mass is 79.9. The van der Waals surface area contributed by atoms with E-state index in [1.165, 1.54) is 0 Å². The lowest BCUT2D eigenvalue weighted by atomic mass is 9.69. The Balaban J connectivity index is 2.05. The van der Waals surface area contributed by atoms with Crippen LogP contribution >= 0.6 is 15.9 Å². The maximum Gasteiger partial charge on any atom is 0.255 e. The molecule has 0 bridgehead atoms. The van der Waals surface area contributed by atoms with E-state index < -0.39 is 6.10 Å². The Bertz CT molecular complexity index is 732. The number of rotatable bonds is 1. The summed E-state index contributed by atoms with van der Waals surface area (Å²) in [5.41, 5.74) is 1.15. The maximum atomic E-state index is 12.8. The molecule has 122 valence electrons. The zero-order valence-corrected chi connectivity index (χ0v) is 14.6. The first-order valence-electron chi connectivity index (χ1n) is 7.68. The third-order valence-corrected chi connectivity index (χ3v) is 5.84. The molecule has 1 aromatic rings. The smallest absolute Gasteiger partial charge is 0.255 e. The maximum absolute atomic E-state index is 12.8. The predicted octanol–water partition coefficient (Wildman–Crippen LogP) is 2.25. The molecule has 1 spiro atoms. The lowest BCUT2D eigenvalue weighted by molar-refractivity contribution is 0.0730. The van der Waals surface area contributed by atoms with Gasteiger partial charge in [0.1, 0.15) is 6.10 Å². The lowest BCUT2D eigenvalue weighted by Crippen LogP contribution is -2.42. The molecule has 1 aromatic carbocycles. The molecule has 2 aliphatic heterocycles. The number of aliphatic hydroxyl groups excluding tert-OH is 1. The summed E-state index contributed by atoms with van der Waals surface area (Å²) in [5, 5.41) is 10.0. The highest BCUT2D eigenvalue weighted by Crippen LogP contribution is 2.57. The molecular weight excluding hydrogens is 362 g/mol. The van der Waals surface area contributed by atoms with Crippen LogP contribution in [0.5, 0.6) is 11.5 Å². The number of aliphatic hydroxyl groups is 1. The minimum Gasteiger partial charge on any atom is -0.493 e. The number of carbonyl (C=O) groups excluding carboxylic acids is 1. The van der Waals surface area contributed by atoms with Gasteiger partial charge in [0, 0.05) is 30.0 Å². The summed E-state index contributed by atoms with van der Waals surface area (Å²) in [7, 11) is 3.42. The first-order valence-corrected chi connectivity index (χ1v) is 8.47. The van der Waals surface area contributed by atoms with Gasteiger partial charge in [-0.25, -0.2) is 0 Å². The number of ether oxygens (including phenoxy) is 2. The summed E-state index contributed by atoms with van der Waals surface area (Å²) in [4.78, 5) is 14.6. The van der Waals surface area contributed by atoms with Gasteiger partial charge in [-0.15, -0.1) is 0 Å². The summed E-state index contributed by atoms with van der Waals surface area (Å²) in [6.07, 6.45) is 4.43. The van der Waals surface area contributed by atoms with Crippen molar-refractivity contribution < 1.29 is 19.4 Å². The van der Waals surface area contributed by atoms with Gasteiger partial charge < -0.3 is 19.5 Å². The number of amides is 1. The van der Waals surface area contributed by atoms with Crippen LogP contribution in [0, 0.1) is 0 Å². The molecule has 4 rings (SSSR count). The van der Waals surface area contributed by atoms with Crippen molar-refractivity contribution in [3.8, 4) is 11.5 Å². The minimum absolute atomic E-state index is 0.0172. The zero-order chi connectivity index (χ0) is 16.4. The molecule has 23 heavy (non-hydrogen) atoms. The normalized spacial score (nSPS) is 31.3. The Hall–Kier alpha value is -1.53. The van der Waals surface area contributed by atoms with E-state index in [1.807, 2.05) is 19.2 Å². The molecule has 1 aliphatic carbocycles. The summed E-state index contributed by atoms with van der Waals surface area (Å²) in [5.74, 6) is 1.24. The van der Waals surface area contributed by atoms with Crippen molar-refractivity contribution in [3.63, 3.8) is 0 Å². The van der Waals surface area contributed by atoms with Crippen LogP contribution in [0.25, 0.3) is 0 Å². The van der Waals surface area contributed by atoms with Gasteiger partial charge >= 0.3 is 0 Å². The van der Waals surface area contributed by atoms with E-state index in [9.17, 15) is 9.90 Å². The van der Waals surface area contributed by atoms with Crippen molar-refractivity contribution in [3.05, 3.63) is 33.8 Å². The summed E-state index contributed by atoms with van der Waals surface area (Å²) >= 11 is 3.53. The van der Waals surface area contributed by atoms with Gasteiger partial charge in [-0.05, 0) is 28.4 Å². The van der Waals surface area contributed by atoms with Gasteiger partial charge in [-0.3, -0.25) is 4.79 Å². The van der Waals surface area contributed by atoms with Gasteiger partial charge in [-0.2, -0.15) is 0 Å². The van der Waals surface area contributed by atoms with Gasteiger partial charge in [0.15, 0.2) is 11.5 Å². The summed E-state index contributed by atoms with van der Waals surface area (Å²) in [6, 6.07) is 1.79. The second-order valence-electron chi connectivity index (χ2n) is 6.43. The number of hydrogen-bond donors (Lipinski definition) is 1. The van der Waals surface area contributed by atoms with Crippen LogP contribution in [0.2, 0.25) is 0 Å². The van der Waals surface area contributed by atoms with Crippen LogP contribution in [0.1, 0.15) is 28.8 Å². The lowest BCUT2D eigenvalue weighted by Gasteiger charge is -2.35. The highest BCUT2D eigenvalue weighted by Gasteiger charge is 2.54. The molecule has 0 saturated heterocycles. The fraction of sp³-hybridized carbons (Fsp3) is 0.471. The Kier molecular flexibility index (Phi) is 3.25. The molecular formula is C17H18BrNO4. The molecule has 0 radical (unpaired) electrons. The minimum atomic E-state index is -0.519. The zero-order valence-electron chi connectivity index (χ0n) is 13.0. The van der Waals surface area contributed by atoms with Gasteiger partial charge in [0.25, 0.3) is 5.91 Å². The second kappa shape index (κ2) is 4.98. The average Bonchev–Trinajstić information content (AvgIpc) is 2.80. The van der Waals surface area contributed by atoms with Crippen molar-refractivity contribution in [2.75, 3.05) is 20.7 Å². The van der Waals surface area contributed by atoms with E-state index in [4.69, 9.17) is 9.47 Å². The standard InChI is InChI=1S/C17H18BrNO4/c1-19-6-5-17-4-3-9(20)7-12(17)23-15-11(22-2)8-10(18)13(14(15)17)16(19)21/h3-4,8-9,12,20H,5-7H2,1-2H3/t9-,12+,17+/m1/s1. The van der Waals surface area contributed by atoms with Crippen LogP contribution in [-0.4, -0.2) is 48.8 Å². The second-order valence-corrected chi connectivity index (χ2v) is 7.28. The van der Waals surface area contributed by atoms with E-state index in [0.717, 1.165) is 16.5 Å². The summed E-state index contributed by atoms with van der Waals surface area (Å²) < 4.78 is 12.4. The largest absolute Gasteiger partial charge is 0.493 e. The Morgan fingerprint density at radius 2 is 2.30 bits per heavy atom. The molecule has 2 heterocycles. The van der Waals surface area contributed by atoms with Crippen LogP contribution in [0.4, 0.5) is 0 Å². The molecule has 1 amide bonds. The Morgan fingerprint density at radius 3 is 3.04 bits per heavy atom. The van der Waals surface area contributed by atoms with E-state index in [2.05, 4.69) is 15.9 Å². The Morgan fingerprint density at radius 1 is 1.52 bits per heavy atom. The number of nitrogens with zero attached hydrogens (tertiary/aromatic N) is 1. The quantitative estimate of drug-likeness (QED) is 0.760. The molecule has 0 unspecified atom stereocenters. The van der Waals surface area contributed by atoms with Gasteiger partial charge in [0.2, 0.25) is 0 Å². The van der Waals surface area contributed by atoms with Gasteiger partial charge in [-0.1, -0.05) is 12.2 Å². The topological polar surface area (TPSA) is 59.0 Å². The third kappa shape index (κ3) is 1.91. The number of halogens is 1. The van der Waals surface area contributed by atoms with Crippen molar-refractivity contribution in [1.82, 2.24) is 4.90 Å². The van der Waals surface area contributed by atoms with Crippen molar-refractivity contribution in [2.45, 2.75) is 30.5 Å². The van der Waals surface area contributed by atoms with E-state index in [-0.39, 0.29) is 17.4 Å². The van der Waals surface area contributed by atoms with Crippen molar-refractivity contribution in [2.24, 2.45) is 0 Å². The fourth-order valence-electron chi connectivity index (χ4n) is 3.98. The molecule has 0 aromatic heterocycles. The van der Waals surface area contributed by atoms with Crippen LogP contribution in [0.15, 0.2) is 22.7 Å². The summed E-state index contributed by atoms with van der Waals surface area (Å²) in [6.45, 7) is 0.641. The molecule has 1 N–H and O–H groups in total. The average molecular weight is 380 g/mol. The van der Waals surface area contributed by atoms with E-state index >= 15 is 0 Å². The first-order chi connectivity index (χ1) is 11.0. The number of hydrogen-bond acceptors (Lipinski definition) is 4. The highest BCUT2D eigenvalue weighted by molar-refractivity contribution is 9.10. The molecule has 6 heteroatoms. The number of benzene rings is 1. The molecule has 5 nitrogen and oxygen atoms in total. The van der Waals surface area contributed by atoms with Crippen LogP contribution in [0.3, 0.4) is 0 Å². The number of methoxy groups -OCH3 is 1. The molecule has 3 aliphatic rings. The molecule has 0 saturated carbocycles. The first kappa shape index (κ1) is 15.0. The van der Waals surface area contributed by atoms with E-state index in [1.54, 1.807) is 18.1 Å². The number of carbonyl (C=O) groups is 1. The Labute approximate surface area is 143 Å². The van der Waals surface area contributed by atoms with E-state index in [0.29, 0.717) is 30.0 Å².